The van der Waals surface area contributed by atoms with Gasteiger partial charge >= 0.3 is 0 Å². The predicted octanol–water partition coefficient (Wildman–Crippen LogP) is 3.31. The van der Waals surface area contributed by atoms with E-state index in [4.69, 9.17) is 0 Å². The Labute approximate surface area is 91.6 Å². The van der Waals surface area contributed by atoms with Crippen molar-refractivity contribution in [2.75, 3.05) is 0 Å². The van der Waals surface area contributed by atoms with Gasteiger partial charge in [0.15, 0.2) is 6.29 Å². The minimum absolute atomic E-state index is 0.382. The molecule has 15 heavy (non-hydrogen) atoms. The van der Waals surface area contributed by atoms with Gasteiger partial charge in [0.05, 0.1) is 5.70 Å². The molecule has 0 saturated heterocycles. The number of rotatable bonds is 4. The number of nitrogens with zero attached hydrogens (tertiary/aromatic N) is 1. The van der Waals surface area contributed by atoms with Crippen molar-refractivity contribution in [3.63, 3.8) is 0 Å². The lowest BCUT2D eigenvalue weighted by atomic mass is 10.1. The Bertz CT molecular complexity index is 358. The van der Waals surface area contributed by atoms with Crippen LogP contribution in [0.2, 0.25) is 0 Å². The van der Waals surface area contributed by atoms with Crippen molar-refractivity contribution in [2.45, 2.75) is 33.6 Å². The molecule has 0 radical (unpaired) electrons. The lowest BCUT2D eigenvalue weighted by Crippen LogP contribution is -2.04. The SMILES string of the molecule is CC(C)/C=C(/C=O)n1cccc1C(C)C. The highest BCUT2D eigenvalue weighted by molar-refractivity contribution is 5.98. The Morgan fingerprint density at radius 1 is 1.33 bits per heavy atom. The second kappa shape index (κ2) is 4.96. The maximum absolute atomic E-state index is 11.0. The second-order valence-electron chi connectivity index (χ2n) is 4.41. The molecule has 0 aliphatic rings. The molecule has 0 unspecified atom stereocenters. The maximum Gasteiger partial charge on any atom is 0.166 e. The molecule has 0 aliphatic carbocycles. The first-order valence-electron chi connectivity index (χ1n) is 5.41. The van der Waals surface area contributed by atoms with Crippen LogP contribution in [0.1, 0.15) is 39.3 Å². The number of allylic oxidation sites excluding steroid dienone is 2. The number of aromatic nitrogens is 1. The molecule has 0 N–H and O–H groups in total. The molecule has 0 aromatic carbocycles. The summed E-state index contributed by atoms with van der Waals surface area (Å²) in [5.41, 5.74) is 1.91. The zero-order chi connectivity index (χ0) is 11.4. The normalized spacial score (nSPS) is 12.5. The maximum atomic E-state index is 11.0. The molecule has 0 saturated carbocycles. The number of aldehydes is 1. The van der Waals surface area contributed by atoms with Crippen molar-refractivity contribution in [2.24, 2.45) is 5.92 Å². The van der Waals surface area contributed by atoms with E-state index in [2.05, 4.69) is 33.8 Å². The molecular weight excluding hydrogens is 186 g/mol. The summed E-state index contributed by atoms with van der Waals surface area (Å²) in [6, 6.07) is 4.04. The highest BCUT2D eigenvalue weighted by atomic mass is 16.1. The van der Waals surface area contributed by atoms with Gasteiger partial charge in [-0.1, -0.05) is 33.8 Å². The highest BCUT2D eigenvalue weighted by Gasteiger charge is 2.08. The Morgan fingerprint density at radius 2 is 2.00 bits per heavy atom. The summed E-state index contributed by atoms with van der Waals surface area (Å²) in [7, 11) is 0. The fourth-order valence-electron chi connectivity index (χ4n) is 1.62. The Morgan fingerprint density at radius 3 is 2.47 bits per heavy atom. The van der Waals surface area contributed by atoms with Crippen LogP contribution in [0.25, 0.3) is 5.70 Å². The van der Waals surface area contributed by atoms with E-state index < -0.39 is 0 Å². The minimum atomic E-state index is 0.382. The molecule has 1 aromatic rings. The van der Waals surface area contributed by atoms with E-state index >= 15 is 0 Å². The zero-order valence-electron chi connectivity index (χ0n) is 9.90. The Hall–Kier alpha value is -1.31. The van der Waals surface area contributed by atoms with Crippen molar-refractivity contribution in [3.05, 3.63) is 30.1 Å². The van der Waals surface area contributed by atoms with Crippen LogP contribution < -0.4 is 0 Å². The number of hydrogen-bond acceptors (Lipinski definition) is 1. The Kier molecular flexibility index (Phi) is 3.89. The third-order valence-corrected chi connectivity index (χ3v) is 2.27. The van der Waals surface area contributed by atoms with Crippen LogP contribution in [-0.2, 0) is 4.79 Å². The number of hydrogen-bond donors (Lipinski definition) is 0. The molecule has 0 spiro atoms. The van der Waals surface area contributed by atoms with Gasteiger partial charge in [-0.2, -0.15) is 0 Å². The fourth-order valence-corrected chi connectivity index (χ4v) is 1.62. The van der Waals surface area contributed by atoms with Crippen LogP contribution in [0.15, 0.2) is 24.4 Å². The van der Waals surface area contributed by atoms with Crippen molar-refractivity contribution in [3.8, 4) is 0 Å². The highest BCUT2D eigenvalue weighted by Crippen LogP contribution is 2.19. The third kappa shape index (κ3) is 2.82. The summed E-state index contributed by atoms with van der Waals surface area (Å²) in [5.74, 6) is 0.808. The summed E-state index contributed by atoms with van der Waals surface area (Å²) >= 11 is 0. The molecule has 0 amide bonds. The monoisotopic (exact) mass is 205 g/mol. The second-order valence-corrected chi connectivity index (χ2v) is 4.41. The van der Waals surface area contributed by atoms with E-state index in [-0.39, 0.29) is 0 Å². The average Bonchev–Trinajstić information content (AvgIpc) is 2.62. The summed E-state index contributed by atoms with van der Waals surface area (Å²) < 4.78 is 1.97. The van der Waals surface area contributed by atoms with Crippen molar-refractivity contribution >= 4 is 12.0 Å². The van der Waals surface area contributed by atoms with Crippen LogP contribution in [0.5, 0.6) is 0 Å². The average molecular weight is 205 g/mol. The number of carbonyl (C=O) groups is 1. The van der Waals surface area contributed by atoms with Gasteiger partial charge in [0.2, 0.25) is 0 Å². The van der Waals surface area contributed by atoms with E-state index in [0.717, 1.165) is 12.0 Å². The molecule has 0 aliphatic heterocycles. The first-order valence-corrected chi connectivity index (χ1v) is 5.41. The Balaban J connectivity index is 3.13. The van der Waals surface area contributed by atoms with Gasteiger partial charge in [0.25, 0.3) is 0 Å². The van der Waals surface area contributed by atoms with Crippen LogP contribution in [0.3, 0.4) is 0 Å². The van der Waals surface area contributed by atoms with Crippen LogP contribution >= 0.6 is 0 Å². The van der Waals surface area contributed by atoms with Crippen molar-refractivity contribution in [1.29, 1.82) is 0 Å². The van der Waals surface area contributed by atoms with E-state index in [1.807, 2.05) is 22.9 Å². The molecular formula is C13H19NO. The topological polar surface area (TPSA) is 22.0 Å². The largest absolute Gasteiger partial charge is 0.318 e. The van der Waals surface area contributed by atoms with Crippen molar-refractivity contribution in [1.82, 2.24) is 4.57 Å². The van der Waals surface area contributed by atoms with Gasteiger partial charge in [-0.25, -0.2) is 0 Å². The molecule has 2 nitrogen and oxygen atoms in total. The predicted molar refractivity (Wildman–Crippen MR) is 63.7 cm³/mol. The van der Waals surface area contributed by atoms with Crippen LogP contribution in [-0.4, -0.2) is 10.9 Å². The number of carbonyl (C=O) groups excluding carboxylic acids is 1. The standard InChI is InChI=1S/C13H19NO/c1-10(2)8-12(9-15)14-7-5-6-13(14)11(3)4/h5-11H,1-4H3/b12-8-. The van der Waals surface area contributed by atoms with E-state index in [0.29, 0.717) is 11.8 Å². The summed E-state index contributed by atoms with van der Waals surface area (Å²) in [4.78, 5) is 11.0. The van der Waals surface area contributed by atoms with E-state index in [1.54, 1.807) is 0 Å². The minimum Gasteiger partial charge on any atom is -0.318 e. The third-order valence-electron chi connectivity index (χ3n) is 2.27. The molecule has 1 aromatic heterocycles. The molecule has 0 fully saturated rings. The quantitative estimate of drug-likeness (QED) is 0.546. The first-order chi connectivity index (χ1) is 7.06. The lowest BCUT2D eigenvalue weighted by Gasteiger charge is -2.12. The smallest absolute Gasteiger partial charge is 0.166 e. The van der Waals surface area contributed by atoms with Gasteiger partial charge in [-0.05, 0) is 24.0 Å². The summed E-state index contributed by atoms with van der Waals surface area (Å²) in [6.07, 6.45) is 4.85. The molecule has 0 bridgehead atoms. The summed E-state index contributed by atoms with van der Waals surface area (Å²) in [5, 5.41) is 0. The zero-order valence-corrected chi connectivity index (χ0v) is 9.90. The van der Waals surface area contributed by atoms with Gasteiger partial charge < -0.3 is 4.57 Å². The van der Waals surface area contributed by atoms with Gasteiger partial charge in [-0.15, -0.1) is 0 Å². The van der Waals surface area contributed by atoms with Crippen LogP contribution in [0.4, 0.5) is 0 Å². The van der Waals surface area contributed by atoms with E-state index in [1.165, 1.54) is 5.69 Å². The fraction of sp³-hybridized carbons (Fsp3) is 0.462. The molecule has 1 heterocycles. The van der Waals surface area contributed by atoms with Crippen molar-refractivity contribution < 1.29 is 4.79 Å². The molecule has 2 heteroatoms. The lowest BCUT2D eigenvalue weighted by molar-refractivity contribution is -0.103. The first kappa shape index (κ1) is 11.8. The van der Waals surface area contributed by atoms with Gasteiger partial charge in [-0.3, -0.25) is 4.79 Å². The van der Waals surface area contributed by atoms with Gasteiger partial charge in [0, 0.05) is 11.9 Å². The van der Waals surface area contributed by atoms with E-state index in [9.17, 15) is 4.79 Å². The summed E-state index contributed by atoms with van der Waals surface area (Å²) in [6.45, 7) is 8.40. The molecule has 0 atom stereocenters. The molecule has 1 rings (SSSR count). The van der Waals surface area contributed by atoms with Crippen LogP contribution in [0, 0.1) is 5.92 Å². The van der Waals surface area contributed by atoms with Gasteiger partial charge in [0.1, 0.15) is 0 Å². The molecule has 82 valence electrons.